The summed E-state index contributed by atoms with van der Waals surface area (Å²) in [5.74, 6) is -0.278. The third-order valence-electron chi connectivity index (χ3n) is 5.12. The average Bonchev–Trinajstić information content (AvgIpc) is 2.74. The number of nitrogens with zero attached hydrogens (tertiary/aromatic N) is 2. The van der Waals surface area contributed by atoms with E-state index in [-0.39, 0.29) is 23.0 Å². The van der Waals surface area contributed by atoms with Crippen molar-refractivity contribution in [3.05, 3.63) is 58.6 Å². The fraction of sp³-hybridized carbons (Fsp3) is 0.286. The maximum absolute atomic E-state index is 12.9. The zero-order chi connectivity index (χ0) is 20.5. The second-order valence-electron chi connectivity index (χ2n) is 7.02. The van der Waals surface area contributed by atoms with Crippen molar-refractivity contribution in [2.75, 3.05) is 31.5 Å². The van der Waals surface area contributed by atoms with Crippen LogP contribution in [0.15, 0.2) is 47.4 Å². The van der Waals surface area contributed by atoms with Gasteiger partial charge in [0, 0.05) is 36.6 Å². The molecule has 2 aromatic rings. The summed E-state index contributed by atoms with van der Waals surface area (Å²) >= 11 is 7.62. The standard InChI is InChI=1S/C21H20ClN3O3S/c1-13-19(26)23-17-12-14(6-7-18(17)29-13)20(27)24-8-10-25(11-9-24)21(28)15-4-2-3-5-16(15)22/h2-7,12-13H,8-11H2,1H3,(H,23,26)/t13-/m0/s1. The number of halogens is 1. The quantitative estimate of drug-likeness (QED) is 0.794. The lowest BCUT2D eigenvalue weighted by Gasteiger charge is -2.35. The largest absolute Gasteiger partial charge is 0.335 e. The Kier molecular flexibility index (Phi) is 5.52. The Balaban J connectivity index is 1.42. The number of benzene rings is 2. The molecule has 6 nitrogen and oxygen atoms in total. The smallest absolute Gasteiger partial charge is 0.255 e. The summed E-state index contributed by atoms with van der Waals surface area (Å²) in [6, 6.07) is 12.4. The highest BCUT2D eigenvalue weighted by atomic mass is 35.5. The number of anilines is 1. The number of amides is 3. The Morgan fingerprint density at radius 2 is 1.69 bits per heavy atom. The zero-order valence-electron chi connectivity index (χ0n) is 15.9. The lowest BCUT2D eigenvalue weighted by atomic mass is 10.1. The molecule has 8 heteroatoms. The molecule has 2 heterocycles. The van der Waals surface area contributed by atoms with Crippen LogP contribution in [0, 0.1) is 0 Å². The third kappa shape index (κ3) is 3.97. The van der Waals surface area contributed by atoms with Gasteiger partial charge in [0.05, 0.1) is 21.5 Å². The molecule has 29 heavy (non-hydrogen) atoms. The highest BCUT2D eigenvalue weighted by Gasteiger charge is 2.28. The molecule has 0 bridgehead atoms. The second kappa shape index (κ2) is 8.08. The van der Waals surface area contributed by atoms with E-state index in [9.17, 15) is 14.4 Å². The summed E-state index contributed by atoms with van der Waals surface area (Å²) in [5.41, 5.74) is 1.69. The molecule has 2 aromatic carbocycles. The first-order valence-electron chi connectivity index (χ1n) is 9.38. The molecule has 1 saturated heterocycles. The van der Waals surface area contributed by atoms with Crippen LogP contribution in [-0.4, -0.2) is 59.0 Å². The third-order valence-corrected chi connectivity index (χ3v) is 6.62. The number of rotatable bonds is 2. The molecule has 0 saturated carbocycles. The van der Waals surface area contributed by atoms with Gasteiger partial charge in [-0.25, -0.2) is 0 Å². The maximum atomic E-state index is 12.9. The van der Waals surface area contributed by atoms with Crippen LogP contribution in [0.3, 0.4) is 0 Å². The number of carbonyl (C=O) groups is 3. The zero-order valence-corrected chi connectivity index (χ0v) is 17.4. The monoisotopic (exact) mass is 429 g/mol. The predicted octanol–water partition coefficient (Wildman–Crippen LogP) is 3.37. The fourth-order valence-corrected chi connectivity index (χ4v) is 4.59. The van der Waals surface area contributed by atoms with E-state index in [2.05, 4.69) is 5.32 Å². The molecule has 1 fully saturated rings. The van der Waals surface area contributed by atoms with Crippen LogP contribution in [0.1, 0.15) is 27.6 Å². The van der Waals surface area contributed by atoms with E-state index in [1.54, 1.807) is 46.2 Å². The molecule has 0 aliphatic carbocycles. The van der Waals surface area contributed by atoms with Gasteiger partial charge in [0.1, 0.15) is 0 Å². The van der Waals surface area contributed by atoms with Gasteiger partial charge < -0.3 is 15.1 Å². The van der Waals surface area contributed by atoms with E-state index in [4.69, 9.17) is 11.6 Å². The topological polar surface area (TPSA) is 69.7 Å². The first-order valence-corrected chi connectivity index (χ1v) is 10.6. The second-order valence-corrected chi connectivity index (χ2v) is 8.81. The highest BCUT2D eigenvalue weighted by Crippen LogP contribution is 2.36. The van der Waals surface area contributed by atoms with E-state index < -0.39 is 0 Å². The molecule has 2 aliphatic rings. The molecule has 3 amide bonds. The van der Waals surface area contributed by atoms with Gasteiger partial charge in [0.25, 0.3) is 11.8 Å². The van der Waals surface area contributed by atoms with Crippen molar-refractivity contribution in [3.63, 3.8) is 0 Å². The predicted molar refractivity (Wildman–Crippen MR) is 114 cm³/mol. The summed E-state index contributed by atoms with van der Waals surface area (Å²) in [4.78, 5) is 41.9. The minimum atomic E-state index is -0.146. The molecule has 1 atom stereocenters. The van der Waals surface area contributed by atoms with Crippen LogP contribution < -0.4 is 5.32 Å². The van der Waals surface area contributed by atoms with Crippen molar-refractivity contribution in [3.8, 4) is 0 Å². The van der Waals surface area contributed by atoms with Crippen LogP contribution in [0.4, 0.5) is 5.69 Å². The molecule has 0 unspecified atom stereocenters. The van der Waals surface area contributed by atoms with Gasteiger partial charge in [0.15, 0.2) is 0 Å². The van der Waals surface area contributed by atoms with Crippen molar-refractivity contribution in [1.82, 2.24) is 9.80 Å². The van der Waals surface area contributed by atoms with Gasteiger partial charge in [-0.1, -0.05) is 23.7 Å². The number of hydrogen-bond donors (Lipinski definition) is 1. The summed E-state index contributed by atoms with van der Waals surface area (Å²) in [6.07, 6.45) is 0. The summed E-state index contributed by atoms with van der Waals surface area (Å²) in [6.45, 7) is 3.65. The summed E-state index contributed by atoms with van der Waals surface area (Å²) in [7, 11) is 0. The van der Waals surface area contributed by atoms with Crippen LogP contribution in [0.2, 0.25) is 5.02 Å². The number of fused-ring (bicyclic) bond motifs is 1. The highest BCUT2D eigenvalue weighted by molar-refractivity contribution is 8.00. The molecule has 150 valence electrons. The van der Waals surface area contributed by atoms with Gasteiger partial charge in [0.2, 0.25) is 5.91 Å². The molecule has 1 N–H and O–H groups in total. The Morgan fingerprint density at radius 3 is 2.38 bits per heavy atom. The molecular weight excluding hydrogens is 410 g/mol. The molecule has 0 aromatic heterocycles. The van der Waals surface area contributed by atoms with Gasteiger partial charge >= 0.3 is 0 Å². The molecule has 2 aliphatic heterocycles. The Labute approximate surface area is 178 Å². The van der Waals surface area contributed by atoms with Crippen molar-refractivity contribution in [1.29, 1.82) is 0 Å². The van der Waals surface area contributed by atoms with Crippen molar-refractivity contribution < 1.29 is 14.4 Å². The van der Waals surface area contributed by atoms with Gasteiger partial charge in [-0.2, -0.15) is 0 Å². The molecule has 4 rings (SSSR count). The van der Waals surface area contributed by atoms with Gasteiger partial charge in [-0.15, -0.1) is 11.8 Å². The minimum Gasteiger partial charge on any atom is -0.335 e. The molecule has 0 radical (unpaired) electrons. The Morgan fingerprint density at radius 1 is 1.03 bits per heavy atom. The summed E-state index contributed by atoms with van der Waals surface area (Å²) < 4.78 is 0. The molecule has 0 spiro atoms. The van der Waals surface area contributed by atoms with E-state index in [1.807, 2.05) is 13.0 Å². The lowest BCUT2D eigenvalue weighted by molar-refractivity contribution is -0.115. The molecular formula is C21H20ClN3O3S. The minimum absolute atomic E-state index is 0.0567. The number of nitrogens with one attached hydrogen (secondary N) is 1. The first-order chi connectivity index (χ1) is 13.9. The van der Waals surface area contributed by atoms with E-state index >= 15 is 0 Å². The lowest BCUT2D eigenvalue weighted by Crippen LogP contribution is -2.50. The number of hydrogen-bond acceptors (Lipinski definition) is 4. The maximum Gasteiger partial charge on any atom is 0.255 e. The first kappa shape index (κ1) is 19.8. The Bertz CT molecular complexity index is 989. The number of thioether (sulfide) groups is 1. The van der Waals surface area contributed by atoms with E-state index in [0.717, 1.165) is 4.90 Å². The van der Waals surface area contributed by atoms with Crippen LogP contribution in [0.5, 0.6) is 0 Å². The summed E-state index contributed by atoms with van der Waals surface area (Å²) in [5, 5.41) is 3.14. The SMILES string of the molecule is C[C@@H]1Sc2ccc(C(=O)N3CCN(C(=O)c4ccccc4Cl)CC3)cc2NC1=O. The van der Waals surface area contributed by atoms with Gasteiger partial charge in [-0.3, -0.25) is 14.4 Å². The van der Waals surface area contributed by atoms with Crippen LogP contribution in [0.25, 0.3) is 0 Å². The van der Waals surface area contributed by atoms with Crippen molar-refractivity contribution >= 4 is 46.8 Å². The van der Waals surface area contributed by atoms with Crippen LogP contribution >= 0.6 is 23.4 Å². The van der Waals surface area contributed by atoms with Gasteiger partial charge in [-0.05, 0) is 37.3 Å². The number of piperazine rings is 1. The van der Waals surface area contributed by atoms with Crippen LogP contribution in [-0.2, 0) is 4.79 Å². The van der Waals surface area contributed by atoms with Crippen molar-refractivity contribution in [2.45, 2.75) is 17.1 Å². The number of carbonyl (C=O) groups excluding carboxylic acids is 3. The fourth-order valence-electron chi connectivity index (χ4n) is 3.44. The van der Waals surface area contributed by atoms with E-state index in [1.165, 1.54) is 11.8 Å². The average molecular weight is 430 g/mol. The van der Waals surface area contributed by atoms with Crippen molar-refractivity contribution in [2.24, 2.45) is 0 Å². The Hall–Kier alpha value is -2.51. The van der Waals surface area contributed by atoms with E-state index in [0.29, 0.717) is 48.0 Å². The normalized spacial score (nSPS) is 18.8.